The minimum absolute atomic E-state index is 0.0567. The highest BCUT2D eigenvalue weighted by molar-refractivity contribution is 5.71. The van der Waals surface area contributed by atoms with Crippen molar-refractivity contribution in [2.75, 3.05) is 7.11 Å². The zero-order chi connectivity index (χ0) is 11.3. The maximum absolute atomic E-state index is 10.3. The highest BCUT2D eigenvalue weighted by Crippen LogP contribution is 2.24. The van der Waals surface area contributed by atoms with Crippen molar-refractivity contribution in [1.29, 1.82) is 0 Å². The molecule has 1 aromatic carbocycles. The Bertz CT molecular complexity index is 382. The second kappa shape index (κ2) is 5.05. The van der Waals surface area contributed by atoms with Crippen molar-refractivity contribution in [2.45, 2.75) is 6.42 Å². The number of benzene rings is 1. The molecule has 0 saturated heterocycles. The normalized spacial score (nSPS) is 10.5. The number of rotatable bonds is 4. The van der Waals surface area contributed by atoms with E-state index in [0.29, 0.717) is 11.3 Å². The lowest BCUT2D eigenvalue weighted by atomic mass is 10.1. The molecule has 0 aliphatic rings. The Morgan fingerprint density at radius 1 is 1.53 bits per heavy atom. The number of phenolic OH excluding ortho intramolecular Hbond substituents is 1. The maximum atomic E-state index is 10.3. The summed E-state index contributed by atoms with van der Waals surface area (Å²) in [5.74, 6) is -0.189. The molecule has 0 bridgehead atoms. The Balaban J connectivity index is 2.87. The molecule has 80 valence electrons. The van der Waals surface area contributed by atoms with E-state index < -0.39 is 5.97 Å². The van der Waals surface area contributed by atoms with Crippen molar-refractivity contribution in [1.82, 2.24) is 0 Å². The first-order chi connectivity index (χ1) is 7.13. The average Bonchev–Trinajstić information content (AvgIpc) is 2.17. The fraction of sp³-hybridized carbons (Fsp3) is 0.182. The molecule has 0 aliphatic heterocycles. The highest BCUT2D eigenvalue weighted by atomic mass is 16.5. The molecular weight excluding hydrogens is 196 g/mol. The van der Waals surface area contributed by atoms with Crippen LogP contribution in [0.15, 0.2) is 24.3 Å². The summed E-state index contributed by atoms with van der Waals surface area (Å²) >= 11 is 0. The lowest BCUT2D eigenvalue weighted by molar-refractivity contribution is -0.135. The Labute approximate surface area is 87.4 Å². The van der Waals surface area contributed by atoms with Gasteiger partial charge in [-0.3, -0.25) is 4.79 Å². The van der Waals surface area contributed by atoms with Crippen LogP contribution < -0.4 is 4.74 Å². The number of hydrogen-bond acceptors (Lipinski definition) is 3. The maximum Gasteiger partial charge on any atom is 0.307 e. The summed E-state index contributed by atoms with van der Waals surface area (Å²) in [7, 11) is 1.51. The first kappa shape index (κ1) is 11.1. The topological polar surface area (TPSA) is 66.8 Å². The zero-order valence-electron chi connectivity index (χ0n) is 8.30. The van der Waals surface area contributed by atoms with Gasteiger partial charge in [-0.05, 0) is 18.2 Å². The van der Waals surface area contributed by atoms with Gasteiger partial charge in [-0.25, -0.2) is 0 Å². The molecule has 0 spiro atoms. The van der Waals surface area contributed by atoms with Gasteiger partial charge in [-0.15, -0.1) is 0 Å². The van der Waals surface area contributed by atoms with E-state index in [9.17, 15) is 9.90 Å². The van der Waals surface area contributed by atoms with Crippen molar-refractivity contribution < 1.29 is 19.7 Å². The first-order valence-electron chi connectivity index (χ1n) is 4.39. The van der Waals surface area contributed by atoms with Crippen LogP contribution in [0, 0.1) is 0 Å². The van der Waals surface area contributed by atoms with Crippen LogP contribution in [-0.4, -0.2) is 23.3 Å². The van der Waals surface area contributed by atoms with Crippen molar-refractivity contribution in [3.05, 3.63) is 29.8 Å². The van der Waals surface area contributed by atoms with E-state index in [1.165, 1.54) is 25.3 Å². The number of methoxy groups -OCH3 is 1. The summed E-state index contributed by atoms with van der Waals surface area (Å²) in [6.07, 6.45) is 3.05. The van der Waals surface area contributed by atoms with E-state index in [2.05, 4.69) is 0 Å². The molecule has 0 saturated carbocycles. The fourth-order valence-corrected chi connectivity index (χ4v) is 1.14. The molecule has 0 amide bonds. The zero-order valence-corrected chi connectivity index (χ0v) is 8.30. The van der Waals surface area contributed by atoms with Crippen molar-refractivity contribution >= 4 is 12.0 Å². The second-order valence-corrected chi connectivity index (χ2v) is 2.93. The average molecular weight is 208 g/mol. The Kier molecular flexibility index (Phi) is 3.74. The lowest BCUT2D eigenvalue weighted by Gasteiger charge is -2.04. The minimum atomic E-state index is -0.898. The monoisotopic (exact) mass is 208 g/mol. The van der Waals surface area contributed by atoms with Crippen LogP contribution in [0.25, 0.3) is 6.08 Å². The van der Waals surface area contributed by atoms with Crippen LogP contribution in [0.2, 0.25) is 0 Å². The number of hydrogen-bond donors (Lipinski definition) is 2. The molecule has 2 N–H and O–H groups in total. The molecule has 4 nitrogen and oxygen atoms in total. The van der Waals surface area contributed by atoms with Crippen LogP contribution in [-0.2, 0) is 4.79 Å². The van der Waals surface area contributed by atoms with Gasteiger partial charge < -0.3 is 14.9 Å². The van der Waals surface area contributed by atoms with Crippen LogP contribution in [0.5, 0.6) is 11.5 Å². The molecule has 0 radical (unpaired) electrons. The molecule has 4 heteroatoms. The molecule has 0 fully saturated rings. The smallest absolute Gasteiger partial charge is 0.307 e. The Morgan fingerprint density at radius 2 is 2.27 bits per heavy atom. The molecule has 0 unspecified atom stereocenters. The van der Waals surface area contributed by atoms with E-state index >= 15 is 0 Å². The van der Waals surface area contributed by atoms with Crippen LogP contribution in [0.3, 0.4) is 0 Å². The summed E-state index contributed by atoms with van der Waals surface area (Å²) in [6, 6.07) is 4.64. The number of carbonyl (C=O) groups is 1. The van der Waals surface area contributed by atoms with Gasteiger partial charge in [0.05, 0.1) is 13.5 Å². The summed E-state index contributed by atoms with van der Waals surface area (Å²) in [6.45, 7) is 0. The van der Waals surface area contributed by atoms with E-state index in [1.54, 1.807) is 12.1 Å². The van der Waals surface area contributed by atoms with Gasteiger partial charge in [-0.1, -0.05) is 12.2 Å². The Hall–Kier alpha value is -1.97. The van der Waals surface area contributed by atoms with Crippen LogP contribution >= 0.6 is 0 Å². The third kappa shape index (κ3) is 3.34. The third-order valence-electron chi connectivity index (χ3n) is 1.80. The van der Waals surface area contributed by atoms with Gasteiger partial charge in [0, 0.05) is 5.56 Å². The van der Waals surface area contributed by atoms with E-state index in [4.69, 9.17) is 9.84 Å². The van der Waals surface area contributed by atoms with Crippen LogP contribution in [0.4, 0.5) is 0 Å². The molecule has 15 heavy (non-hydrogen) atoms. The number of aromatic hydroxyl groups is 1. The number of phenols is 1. The molecule has 0 atom stereocenters. The quantitative estimate of drug-likeness (QED) is 0.792. The molecular formula is C11H12O4. The highest BCUT2D eigenvalue weighted by Gasteiger charge is 2.00. The van der Waals surface area contributed by atoms with Gasteiger partial charge in [0.15, 0.2) is 0 Å². The molecule has 1 aromatic rings. The Morgan fingerprint density at radius 3 is 2.87 bits per heavy atom. The summed E-state index contributed by atoms with van der Waals surface area (Å²) in [5.41, 5.74) is 0.652. The summed E-state index contributed by atoms with van der Waals surface area (Å²) < 4.78 is 5.05. The van der Waals surface area contributed by atoms with E-state index in [1.807, 2.05) is 0 Å². The predicted molar refractivity (Wildman–Crippen MR) is 55.9 cm³/mol. The van der Waals surface area contributed by atoms with Crippen LogP contribution in [0.1, 0.15) is 12.0 Å². The fourth-order valence-electron chi connectivity index (χ4n) is 1.14. The second-order valence-electron chi connectivity index (χ2n) is 2.93. The lowest BCUT2D eigenvalue weighted by Crippen LogP contribution is -1.90. The molecule has 1 rings (SSSR count). The van der Waals surface area contributed by atoms with Gasteiger partial charge in [-0.2, -0.15) is 0 Å². The number of carboxylic acids is 1. The largest absolute Gasteiger partial charge is 0.508 e. The predicted octanol–water partition coefficient (Wildman–Crippen LogP) is 1.89. The third-order valence-corrected chi connectivity index (χ3v) is 1.80. The molecule has 0 heterocycles. The number of carboxylic acid groups (broad SMARTS) is 1. The SMILES string of the molecule is COc1ccc(O)cc1C=CCC(=O)O. The minimum Gasteiger partial charge on any atom is -0.508 e. The first-order valence-corrected chi connectivity index (χ1v) is 4.39. The van der Waals surface area contributed by atoms with E-state index in [0.717, 1.165) is 0 Å². The van der Waals surface area contributed by atoms with Gasteiger partial charge in [0.2, 0.25) is 0 Å². The van der Waals surface area contributed by atoms with Gasteiger partial charge in [0.25, 0.3) is 0 Å². The van der Waals surface area contributed by atoms with Gasteiger partial charge in [0.1, 0.15) is 11.5 Å². The summed E-state index contributed by atoms with van der Waals surface area (Å²) in [4.78, 5) is 10.3. The van der Waals surface area contributed by atoms with Crippen molar-refractivity contribution in [2.24, 2.45) is 0 Å². The molecule has 0 aromatic heterocycles. The number of aliphatic carboxylic acids is 1. The van der Waals surface area contributed by atoms with Gasteiger partial charge >= 0.3 is 5.97 Å². The standard InChI is InChI=1S/C11H12O4/c1-15-10-6-5-9(12)7-8(10)3-2-4-11(13)14/h2-3,5-7,12H,4H2,1H3,(H,13,14). The van der Waals surface area contributed by atoms with E-state index in [-0.39, 0.29) is 12.2 Å². The van der Waals surface area contributed by atoms with Crippen molar-refractivity contribution in [3.8, 4) is 11.5 Å². The summed E-state index contributed by atoms with van der Waals surface area (Å²) in [5, 5.41) is 17.7. The van der Waals surface area contributed by atoms with Crippen molar-refractivity contribution in [3.63, 3.8) is 0 Å². The molecule has 0 aliphatic carbocycles. The number of ether oxygens (including phenoxy) is 1.